The van der Waals surface area contributed by atoms with Crippen LogP contribution in [0.3, 0.4) is 0 Å². The molecule has 6 aliphatic carbocycles. The van der Waals surface area contributed by atoms with Gasteiger partial charge in [0.1, 0.15) is 0 Å². The van der Waals surface area contributed by atoms with Crippen molar-refractivity contribution in [2.24, 2.45) is 80.4 Å². The number of aliphatic hydroxyl groups excluding tert-OH is 2. The smallest absolute Gasteiger partial charge is 0.311 e. The first-order chi connectivity index (χ1) is 28.4. The second kappa shape index (κ2) is 17.3. The first kappa shape index (κ1) is 45.0. The van der Waals surface area contributed by atoms with Crippen LogP contribution >= 0.6 is 0 Å². The molecule has 4 fully saturated rings. The number of pyridine rings is 2. The van der Waals surface area contributed by atoms with Crippen LogP contribution in [0.25, 0.3) is 10.4 Å². The highest BCUT2D eigenvalue weighted by molar-refractivity contribution is 5.75. The van der Waals surface area contributed by atoms with E-state index >= 15 is 0 Å². The second-order valence-electron chi connectivity index (χ2n) is 22.5. The molecule has 6 aliphatic rings. The van der Waals surface area contributed by atoms with Crippen LogP contribution in [0.15, 0.2) is 41.8 Å². The molecular formula is C50H76N6O4. The van der Waals surface area contributed by atoms with Crippen molar-refractivity contribution in [1.82, 2.24) is 9.97 Å². The number of nitrogens with two attached hydrogens (primary N) is 1. The fraction of sp³-hybridized carbons (Fsp3) is 0.780. The van der Waals surface area contributed by atoms with E-state index in [-0.39, 0.29) is 46.3 Å². The minimum Gasteiger partial charge on any atom is -0.465 e. The van der Waals surface area contributed by atoms with Crippen molar-refractivity contribution in [3.05, 3.63) is 69.6 Å². The van der Waals surface area contributed by atoms with Gasteiger partial charge in [-0.1, -0.05) is 58.3 Å². The SMILES string of the molecule is C[C@H]1CC[C@](C)([C@H]2CC[C@]3(C)c4ncccc4C[C@H]3[C@@H]2CN=[N+]=[N-])[C@@H](COC(=O)C(C)(C)C)C1.C[C@]1([C@H]2CC[C@]3(C)c4ncccc4C[C@H]3[C@@H]2CN)CC[C@H](O)C[C@@H]1CO. The third kappa shape index (κ3) is 7.94. The first-order valence-electron chi connectivity index (χ1n) is 23.5. The average molecular weight is 825 g/mol. The molecule has 2 aromatic heterocycles. The number of aliphatic hydroxyl groups is 2. The number of ether oxygens (including phenoxy) is 1. The van der Waals surface area contributed by atoms with Crippen LogP contribution in [-0.2, 0) is 33.2 Å². The third-order valence-electron chi connectivity index (χ3n) is 18.3. The van der Waals surface area contributed by atoms with Gasteiger partial charge in [0, 0.05) is 52.7 Å². The van der Waals surface area contributed by atoms with Gasteiger partial charge in [0.2, 0.25) is 0 Å². The number of esters is 1. The second-order valence-corrected chi connectivity index (χ2v) is 22.5. The van der Waals surface area contributed by atoms with Crippen LogP contribution in [0.1, 0.15) is 142 Å². The molecule has 0 unspecified atom stereocenters. The van der Waals surface area contributed by atoms with Crippen LogP contribution in [0, 0.1) is 69.5 Å². The number of hydrogen-bond acceptors (Lipinski definition) is 8. The topological polar surface area (TPSA) is 167 Å². The van der Waals surface area contributed by atoms with Crippen molar-refractivity contribution in [3.63, 3.8) is 0 Å². The maximum Gasteiger partial charge on any atom is 0.311 e. The van der Waals surface area contributed by atoms with Gasteiger partial charge < -0.3 is 20.7 Å². The highest BCUT2D eigenvalue weighted by Crippen LogP contribution is 2.63. The molecule has 14 atom stereocenters. The largest absolute Gasteiger partial charge is 0.465 e. The molecule has 4 saturated carbocycles. The van der Waals surface area contributed by atoms with Crippen LogP contribution in [0.2, 0.25) is 0 Å². The van der Waals surface area contributed by atoms with Gasteiger partial charge in [-0.3, -0.25) is 14.8 Å². The van der Waals surface area contributed by atoms with Gasteiger partial charge >= 0.3 is 5.97 Å². The molecule has 0 bridgehead atoms. The van der Waals surface area contributed by atoms with Crippen LogP contribution in [0.4, 0.5) is 0 Å². The summed E-state index contributed by atoms with van der Waals surface area (Å²) < 4.78 is 5.92. The number of azide groups is 1. The van der Waals surface area contributed by atoms with E-state index in [9.17, 15) is 20.5 Å². The molecule has 0 amide bonds. The number of carbonyl (C=O) groups excluding carboxylic acids is 1. The van der Waals surface area contributed by atoms with E-state index < -0.39 is 5.41 Å². The minimum absolute atomic E-state index is 0.0370. The molecule has 0 spiro atoms. The average Bonchev–Trinajstić information content (AvgIpc) is 3.71. The molecule has 10 nitrogen and oxygen atoms in total. The van der Waals surface area contributed by atoms with Gasteiger partial charge in [-0.25, -0.2) is 0 Å². The first-order valence-corrected chi connectivity index (χ1v) is 23.5. The Morgan fingerprint density at radius 2 is 1.40 bits per heavy atom. The molecule has 330 valence electrons. The number of carbonyl (C=O) groups is 1. The molecule has 0 aliphatic heterocycles. The highest BCUT2D eigenvalue weighted by Gasteiger charge is 2.59. The molecule has 0 aromatic carbocycles. The molecule has 2 heterocycles. The molecule has 10 heteroatoms. The summed E-state index contributed by atoms with van der Waals surface area (Å²) in [5.41, 5.74) is 20.7. The lowest BCUT2D eigenvalue weighted by atomic mass is 9.49. The van der Waals surface area contributed by atoms with Crippen molar-refractivity contribution in [2.45, 2.75) is 149 Å². The van der Waals surface area contributed by atoms with E-state index in [1.807, 2.05) is 39.2 Å². The van der Waals surface area contributed by atoms with E-state index in [1.54, 1.807) is 0 Å². The Balaban J connectivity index is 0.000000188. The lowest BCUT2D eigenvalue weighted by molar-refractivity contribution is -0.159. The molecule has 0 radical (unpaired) electrons. The highest BCUT2D eigenvalue weighted by atomic mass is 16.5. The summed E-state index contributed by atoms with van der Waals surface area (Å²) >= 11 is 0. The van der Waals surface area contributed by atoms with Crippen LogP contribution in [0.5, 0.6) is 0 Å². The van der Waals surface area contributed by atoms with Gasteiger partial charge in [0.05, 0.1) is 18.1 Å². The predicted molar refractivity (Wildman–Crippen MR) is 237 cm³/mol. The van der Waals surface area contributed by atoms with Gasteiger partial charge in [0.15, 0.2) is 0 Å². The standard InChI is InChI=1S/C28H42N4O2.C22H34N2O2/c1-18-9-11-27(5,20(14-18)17-34-25(33)26(2,3)4)22-10-12-28(6)23(21(22)16-31-32-29)15-19-8-7-13-30-24(19)28;1-21(7-5-16(26)11-15(21)13-25)18-6-8-22(2)19(17(18)12-23)10-14-4-3-9-24-20(14)22/h7-8,13,18,20-23H,9-12,14-17H2,1-6H3;3-4,9,15-19,25-26H,5-8,10-13,23H2,1-2H3/t18-,20+,21+,22-,23-,27-,28-;15-,16+,17-,18+,19+,21+,22+/m01/s1. The van der Waals surface area contributed by atoms with Crippen LogP contribution in [-0.4, -0.2) is 58.6 Å². The summed E-state index contributed by atoms with van der Waals surface area (Å²) in [6, 6.07) is 8.57. The normalized spacial score (nSPS) is 40.7. The van der Waals surface area contributed by atoms with Crippen molar-refractivity contribution < 1.29 is 19.7 Å². The quantitative estimate of drug-likeness (QED) is 0.103. The fourth-order valence-corrected chi connectivity index (χ4v) is 14.6. The maximum atomic E-state index is 12.6. The van der Waals surface area contributed by atoms with Crippen molar-refractivity contribution in [2.75, 3.05) is 26.3 Å². The zero-order chi connectivity index (χ0) is 43.3. The van der Waals surface area contributed by atoms with E-state index in [4.69, 9.17) is 20.4 Å². The number of hydrogen-bond donors (Lipinski definition) is 3. The summed E-state index contributed by atoms with van der Waals surface area (Å²) in [6.45, 7) is 19.6. The zero-order valence-electron chi connectivity index (χ0n) is 38.1. The Kier molecular flexibility index (Phi) is 12.9. The monoisotopic (exact) mass is 825 g/mol. The Bertz CT molecular complexity index is 1900. The summed E-state index contributed by atoms with van der Waals surface area (Å²) in [6.07, 6.45) is 16.2. The van der Waals surface area contributed by atoms with E-state index in [1.165, 1.54) is 28.9 Å². The summed E-state index contributed by atoms with van der Waals surface area (Å²) in [4.78, 5) is 25.4. The van der Waals surface area contributed by atoms with E-state index in [0.717, 1.165) is 70.6 Å². The Labute approximate surface area is 360 Å². The van der Waals surface area contributed by atoms with Crippen molar-refractivity contribution >= 4 is 5.97 Å². The summed E-state index contributed by atoms with van der Waals surface area (Å²) in [7, 11) is 0. The lowest BCUT2D eigenvalue weighted by Gasteiger charge is -2.56. The number of rotatable bonds is 8. The lowest BCUT2D eigenvalue weighted by Crippen LogP contribution is -2.54. The molecule has 8 rings (SSSR count). The predicted octanol–water partition coefficient (Wildman–Crippen LogP) is 9.54. The van der Waals surface area contributed by atoms with Gasteiger partial charge in [-0.05, 0) is 191 Å². The third-order valence-corrected chi connectivity index (χ3v) is 18.3. The number of aromatic nitrogens is 2. The van der Waals surface area contributed by atoms with Gasteiger partial charge in [-0.15, -0.1) is 0 Å². The molecule has 4 N–H and O–H groups in total. The maximum absolute atomic E-state index is 12.6. The van der Waals surface area contributed by atoms with Crippen molar-refractivity contribution in [1.29, 1.82) is 0 Å². The van der Waals surface area contributed by atoms with E-state index in [0.29, 0.717) is 67.0 Å². The molecule has 60 heavy (non-hydrogen) atoms. The zero-order valence-corrected chi connectivity index (χ0v) is 38.1. The summed E-state index contributed by atoms with van der Waals surface area (Å²) in [5, 5.41) is 24.3. The van der Waals surface area contributed by atoms with Crippen LogP contribution < -0.4 is 5.73 Å². The Morgan fingerprint density at radius 3 is 1.95 bits per heavy atom. The van der Waals surface area contributed by atoms with Gasteiger partial charge in [0.25, 0.3) is 0 Å². The molecular weight excluding hydrogens is 749 g/mol. The fourth-order valence-electron chi connectivity index (χ4n) is 14.6. The summed E-state index contributed by atoms with van der Waals surface area (Å²) in [5.74, 6) is 3.71. The number of nitrogens with zero attached hydrogens (tertiary/aromatic N) is 5. The Hall–Kier alpha value is -3.04. The molecule has 0 saturated heterocycles. The number of fused-ring (bicyclic) bond motifs is 6. The molecule has 2 aromatic rings. The van der Waals surface area contributed by atoms with E-state index in [2.05, 4.69) is 62.8 Å². The van der Waals surface area contributed by atoms with Gasteiger partial charge in [-0.2, -0.15) is 0 Å². The Morgan fingerprint density at radius 1 is 0.850 bits per heavy atom. The minimum atomic E-state index is -0.490. The van der Waals surface area contributed by atoms with Crippen molar-refractivity contribution in [3.8, 4) is 0 Å².